The summed E-state index contributed by atoms with van der Waals surface area (Å²) in [4.78, 5) is 57.4. The van der Waals surface area contributed by atoms with E-state index >= 15 is 0 Å². The predicted molar refractivity (Wildman–Crippen MR) is 201 cm³/mol. The summed E-state index contributed by atoms with van der Waals surface area (Å²) in [6, 6.07) is 15.0. The van der Waals surface area contributed by atoms with E-state index in [1.54, 1.807) is 4.90 Å². The molecule has 0 radical (unpaired) electrons. The molecule has 1 fully saturated rings. The van der Waals surface area contributed by atoms with E-state index in [-0.39, 0.29) is 29.4 Å². The zero-order valence-corrected chi connectivity index (χ0v) is 30.4. The summed E-state index contributed by atoms with van der Waals surface area (Å²) in [6.07, 6.45) is 4.99. The minimum atomic E-state index is -1.53. The standard InChI is InChI=1S/C37H53BN6O6S/c1-24(2)19-30(35(46)41-29(15-9-10-17-39)37(48)44-18-16-32-27(23-44)22-33(51-32)38(49)50)43-36(47)31(21-26-13-7-4-8-14-26)42-34(45)28(40)20-25-11-5-3-6-12-25/h3-8,11-14,22,24,27-32,49-50H,9-10,15-21,23,39-40H2,1-2H3,(H,41,46)(H,42,45)(H,43,47)/t27?,28-,29-,30-,31-,32?/m1/s1. The zero-order valence-electron chi connectivity index (χ0n) is 29.6. The highest BCUT2D eigenvalue weighted by Gasteiger charge is 2.40. The third-order valence-corrected chi connectivity index (χ3v) is 10.8. The molecule has 2 unspecified atom stereocenters. The lowest BCUT2D eigenvalue weighted by Gasteiger charge is -2.36. The van der Waals surface area contributed by atoms with Crippen molar-refractivity contribution in [2.45, 2.75) is 88.2 Å². The van der Waals surface area contributed by atoms with Crippen molar-refractivity contribution in [2.24, 2.45) is 23.3 Å². The number of rotatable bonds is 18. The minimum Gasteiger partial charge on any atom is -0.423 e. The van der Waals surface area contributed by atoms with E-state index < -0.39 is 49.0 Å². The van der Waals surface area contributed by atoms with E-state index in [4.69, 9.17) is 11.5 Å². The van der Waals surface area contributed by atoms with Crippen molar-refractivity contribution in [3.63, 3.8) is 0 Å². The van der Waals surface area contributed by atoms with E-state index in [9.17, 15) is 29.2 Å². The first-order valence-electron chi connectivity index (χ1n) is 17.9. The lowest BCUT2D eigenvalue weighted by Crippen LogP contribution is -2.59. The van der Waals surface area contributed by atoms with Gasteiger partial charge in [-0.1, -0.05) is 80.6 Å². The maximum atomic E-state index is 14.0. The number of nitrogens with one attached hydrogen (secondary N) is 3. The molecule has 4 rings (SSSR count). The van der Waals surface area contributed by atoms with Gasteiger partial charge in [0.05, 0.1) is 6.04 Å². The number of amides is 4. The molecule has 51 heavy (non-hydrogen) atoms. The van der Waals surface area contributed by atoms with Gasteiger partial charge in [0.25, 0.3) is 0 Å². The number of nitrogens with zero attached hydrogens (tertiary/aromatic N) is 1. The van der Waals surface area contributed by atoms with Gasteiger partial charge in [0, 0.05) is 35.5 Å². The van der Waals surface area contributed by atoms with Crippen molar-refractivity contribution >= 4 is 42.5 Å². The Morgan fingerprint density at radius 1 is 0.863 bits per heavy atom. The van der Waals surface area contributed by atoms with Crippen LogP contribution >= 0.6 is 11.8 Å². The average Bonchev–Trinajstić information content (AvgIpc) is 3.55. The van der Waals surface area contributed by atoms with Gasteiger partial charge in [-0.3, -0.25) is 19.2 Å². The van der Waals surface area contributed by atoms with Crippen molar-refractivity contribution < 1.29 is 29.2 Å². The van der Waals surface area contributed by atoms with Crippen LogP contribution in [0.4, 0.5) is 0 Å². The second-order valence-corrected chi connectivity index (χ2v) is 15.2. The fourth-order valence-electron chi connectivity index (χ4n) is 6.56. The number of carbonyl (C=O) groups is 4. The Balaban J connectivity index is 1.48. The topological polar surface area (TPSA) is 200 Å². The predicted octanol–water partition coefficient (Wildman–Crippen LogP) is 1.29. The fraction of sp³-hybridized carbons (Fsp3) is 0.514. The van der Waals surface area contributed by atoms with E-state index in [1.807, 2.05) is 80.6 Å². The van der Waals surface area contributed by atoms with Gasteiger partial charge in [-0.05, 0) is 62.1 Å². The number of piperidine rings is 1. The number of carbonyl (C=O) groups excluding carboxylic acids is 4. The molecule has 1 saturated heterocycles. The van der Waals surface area contributed by atoms with Gasteiger partial charge in [-0.2, -0.15) is 0 Å². The van der Waals surface area contributed by atoms with Crippen LogP contribution in [0.1, 0.15) is 57.1 Å². The second kappa shape index (κ2) is 19.8. The molecule has 2 aromatic carbocycles. The quantitative estimate of drug-likeness (QED) is 0.0876. The van der Waals surface area contributed by atoms with Crippen LogP contribution in [-0.2, 0) is 32.0 Å². The van der Waals surface area contributed by atoms with Crippen molar-refractivity contribution in [3.05, 3.63) is 82.7 Å². The summed E-state index contributed by atoms with van der Waals surface area (Å²) < 4.78 is 0. The molecule has 0 aromatic heterocycles. The molecule has 12 nitrogen and oxygen atoms in total. The monoisotopic (exact) mass is 720 g/mol. The summed E-state index contributed by atoms with van der Waals surface area (Å²) in [5, 5.41) is 28.2. The highest BCUT2D eigenvalue weighted by Crippen LogP contribution is 2.41. The maximum absolute atomic E-state index is 14.0. The van der Waals surface area contributed by atoms with Gasteiger partial charge in [0.2, 0.25) is 23.6 Å². The summed E-state index contributed by atoms with van der Waals surface area (Å²) in [6.45, 7) is 5.23. The first kappa shape index (κ1) is 40.1. The van der Waals surface area contributed by atoms with Gasteiger partial charge < -0.3 is 42.4 Å². The molecule has 6 atom stereocenters. The Labute approximate surface area is 305 Å². The summed E-state index contributed by atoms with van der Waals surface area (Å²) in [5.74, 6) is -1.70. The lowest BCUT2D eigenvalue weighted by molar-refractivity contribution is -0.139. The summed E-state index contributed by atoms with van der Waals surface area (Å²) in [5.41, 5.74) is 13.7. The van der Waals surface area contributed by atoms with Gasteiger partial charge >= 0.3 is 7.12 Å². The average molecular weight is 721 g/mol. The fourth-order valence-corrected chi connectivity index (χ4v) is 7.84. The molecular weight excluding hydrogens is 667 g/mol. The van der Waals surface area contributed by atoms with E-state index in [1.165, 1.54) is 11.8 Å². The van der Waals surface area contributed by atoms with Crippen LogP contribution in [0.15, 0.2) is 71.5 Å². The summed E-state index contributed by atoms with van der Waals surface area (Å²) in [7, 11) is -1.53. The number of hydrogen-bond acceptors (Lipinski definition) is 9. The number of fused-ring (bicyclic) bond motifs is 1. The molecule has 2 aromatic rings. The van der Waals surface area contributed by atoms with Crippen molar-refractivity contribution in [3.8, 4) is 0 Å². The van der Waals surface area contributed by atoms with E-state index in [0.717, 1.165) is 11.1 Å². The smallest absolute Gasteiger partial charge is 0.423 e. The Morgan fingerprint density at radius 2 is 1.45 bits per heavy atom. The summed E-state index contributed by atoms with van der Waals surface area (Å²) >= 11 is 1.44. The Kier molecular flexibility index (Phi) is 15.6. The molecule has 0 spiro atoms. The number of likely N-dealkylation sites (tertiary alicyclic amines) is 1. The Hall–Kier alpha value is -3.69. The van der Waals surface area contributed by atoms with Crippen LogP contribution in [0.3, 0.4) is 0 Å². The highest BCUT2D eigenvalue weighted by atomic mass is 32.2. The van der Waals surface area contributed by atoms with E-state index in [0.29, 0.717) is 63.0 Å². The van der Waals surface area contributed by atoms with Gasteiger partial charge in [-0.25, -0.2) is 0 Å². The molecule has 2 aliphatic rings. The molecule has 276 valence electrons. The first-order chi connectivity index (χ1) is 24.4. The van der Waals surface area contributed by atoms with Crippen LogP contribution in [0.2, 0.25) is 0 Å². The zero-order chi connectivity index (χ0) is 36.9. The Morgan fingerprint density at radius 3 is 2.06 bits per heavy atom. The van der Waals surface area contributed by atoms with Gasteiger partial charge in [-0.15, -0.1) is 11.8 Å². The van der Waals surface area contributed by atoms with Crippen molar-refractivity contribution in [1.29, 1.82) is 0 Å². The molecule has 4 amide bonds. The number of unbranched alkanes of at least 4 members (excludes halogenated alkanes) is 1. The SMILES string of the molecule is CC(C)C[C@@H](NC(=O)[C@@H](Cc1ccccc1)NC(=O)[C@H](N)Cc1ccccc1)C(=O)N[C@H](CCCCN)C(=O)N1CCC2SC(B(O)O)=CC2C1. The minimum absolute atomic E-state index is 0.0181. The second-order valence-electron chi connectivity index (χ2n) is 13.9. The third-order valence-electron chi connectivity index (χ3n) is 9.28. The number of thioether (sulfide) groups is 1. The normalized spacial score (nSPS) is 19.3. The van der Waals surface area contributed by atoms with Crippen molar-refractivity contribution in [2.75, 3.05) is 19.6 Å². The molecule has 0 saturated carbocycles. The van der Waals surface area contributed by atoms with E-state index in [2.05, 4.69) is 16.0 Å². The number of hydrogen-bond donors (Lipinski definition) is 7. The largest absolute Gasteiger partial charge is 0.494 e. The van der Waals surface area contributed by atoms with Crippen LogP contribution in [-0.4, -0.2) is 94.7 Å². The number of nitrogens with two attached hydrogens (primary N) is 2. The van der Waals surface area contributed by atoms with Crippen LogP contribution in [0, 0.1) is 11.8 Å². The molecule has 0 aliphatic carbocycles. The highest BCUT2D eigenvalue weighted by molar-refractivity contribution is 8.05. The molecular formula is C37H53BN6O6S. The number of benzene rings is 2. The molecule has 0 bridgehead atoms. The van der Waals surface area contributed by atoms with Crippen LogP contribution in [0.25, 0.3) is 0 Å². The third kappa shape index (κ3) is 12.2. The van der Waals surface area contributed by atoms with Crippen LogP contribution < -0.4 is 27.4 Å². The molecule has 2 heterocycles. The lowest BCUT2D eigenvalue weighted by atomic mass is 9.87. The molecule has 14 heteroatoms. The Bertz CT molecular complexity index is 1480. The maximum Gasteiger partial charge on any atom is 0.494 e. The first-order valence-corrected chi connectivity index (χ1v) is 18.8. The van der Waals surface area contributed by atoms with Gasteiger partial charge in [0.1, 0.15) is 18.1 Å². The van der Waals surface area contributed by atoms with Crippen molar-refractivity contribution in [1.82, 2.24) is 20.9 Å². The molecule has 9 N–H and O–H groups in total. The van der Waals surface area contributed by atoms with Gasteiger partial charge in [0.15, 0.2) is 0 Å². The van der Waals surface area contributed by atoms with Crippen LogP contribution in [0.5, 0.6) is 0 Å². The molecule has 2 aliphatic heterocycles.